The number of hydrogen-bond acceptors (Lipinski definition) is 4. The Hall–Kier alpha value is -1.30. The van der Waals surface area contributed by atoms with Crippen molar-refractivity contribution in [3.05, 3.63) is 0 Å². The van der Waals surface area contributed by atoms with Crippen LogP contribution in [0.2, 0.25) is 0 Å². The Labute approximate surface area is 132 Å². The van der Waals surface area contributed by atoms with Gasteiger partial charge in [0, 0.05) is 6.54 Å². The van der Waals surface area contributed by atoms with Gasteiger partial charge in [0.25, 0.3) is 0 Å². The van der Waals surface area contributed by atoms with Crippen LogP contribution in [0.1, 0.15) is 64.7 Å². The van der Waals surface area contributed by atoms with E-state index in [4.69, 9.17) is 10.5 Å². The maximum atomic E-state index is 11.8. The third kappa shape index (κ3) is 7.64. The molecular formula is C16H30N2O4. The van der Waals surface area contributed by atoms with Gasteiger partial charge in [-0.1, -0.05) is 45.4 Å². The van der Waals surface area contributed by atoms with Gasteiger partial charge in [0.2, 0.25) is 5.91 Å². The summed E-state index contributed by atoms with van der Waals surface area (Å²) >= 11 is 0. The van der Waals surface area contributed by atoms with Gasteiger partial charge in [-0.2, -0.15) is 0 Å². The van der Waals surface area contributed by atoms with Crippen LogP contribution in [-0.2, 0) is 9.53 Å². The Morgan fingerprint density at radius 1 is 1.32 bits per heavy atom. The number of primary amides is 1. The normalized spacial score (nSPS) is 18.5. The van der Waals surface area contributed by atoms with E-state index in [9.17, 15) is 14.7 Å². The van der Waals surface area contributed by atoms with Crippen LogP contribution in [0.25, 0.3) is 0 Å². The number of nitrogens with two attached hydrogens (primary N) is 1. The molecule has 1 fully saturated rings. The zero-order valence-corrected chi connectivity index (χ0v) is 13.6. The maximum Gasteiger partial charge on any atom is 0.404 e. The van der Waals surface area contributed by atoms with E-state index in [-0.39, 0.29) is 12.3 Å². The fraction of sp³-hybridized carbons (Fsp3) is 0.875. The van der Waals surface area contributed by atoms with Gasteiger partial charge in [0.15, 0.2) is 0 Å². The molecule has 0 aromatic heterocycles. The van der Waals surface area contributed by atoms with Gasteiger partial charge >= 0.3 is 6.09 Å². The smallest absolute Gasteiger partial charge is 0.404 e. The number of aliphatic hydroxyl groups is 1. The minimum atomic E-state index is -1.00. The quantitative estimate of drug-likeness (QED) is 0.567. The van der Waals surface area contributed by atoms with Gasteiger partial charge in [-0.15, -0.1) is 0 Å². The van der Waals surface area contributed by atoms with E-state index < -0.39 is 18.3 Å². The second kappa shape index (κ2) is 10.4. The predicted molar refractivity (Wildman–Crippen MR) is 84.2 cm³/mol. The molecule has 6 heteroatoms. The first-order chi connectivity index (χ1) is 10.5. The van der Waals surface area contributed by atoms with E-state index in [1.54, 1.807) is 0 Å². The molecule has 2 atom stereocenters. The van der Waals surface area contributed by atoms with Crippen LogP contribution in [0, 0.1) is 5.92 Å². The average molecular weight is 314 g/mol. The Balaban J connectivity index is 2.46. The van der Waals surface area contributed by atoms with Crippen LogP contribution in [0.5, 0.6) is 0 Å². The second-order valence-corrected chi connectivity index (χ2v) is 6.19. The van der Waals surface area contributed by atoms with Crippen LogP contribution < -0.4 is 11.1 Å². The van der Waals surface area contributed by atoms with Crippen molar-refractivity contribution < 1.29 is 19.4 Å². The van der Waals surface area contributed by atoms with E-state index in [2.05, 4.69) is 5.32 Å². The van der Waals surface area contributed by atoms with Gasteiger partial charge in [-0.3, -0.25) is 4.79 Å². The molecule has 0 aliphatic heterocycles. The molecule has 0 saturated heterocycles. The number of hydrogen-bond donors (Lipinski definition) is 3. The van der Waals surface area contributed by atoms with Crippen LogP contribution in [0.15, 0.2) is 0 Å². The molecule has 0 bridgehead atoms. The zero-order valence-electron chi connectivity index (χ0n) is 13.6. The first kappa shape index (κ1) is 18.7. The summed E-state index contributed by atoms with van der Waals surface area (Å²) in [5.41, 5.74) is 5.09. The third-order valence-electron chi connectivity index (χ3n) is 4.23. The van der Waals surface area contributed by atoms with E-state index >= 15 is 0 Å². The first-order valence-corrected chi connectivity index (χ1v) is 8.43. The molecule has 2 amide bonds. The lowest BCUT2D eigenvalue weighted by Crippen LogP contribution is -2.39. The highest BCUT2D eigenvalue weighted by Gasteiger charge is 2.28. The number of carbonyl (C=O) groups is 2. The summed E-state index contributed by atoms with van der Waals surface area (Å²) < 4.78 is 5.05. The lowest BCUT2D eigenvalue weighted by molar-refractivity contribution is -0.125. The monoisotopic (exact) mass is 314 g/mol. The molecule has 1 rings (SSSR count). The van der Waals surface area contributed by atoms with Gasteiger partial charge in [-0.05, 0) is 18.8 Å². The summed E-state index contributed by atoms with van der Waals surface area (Å²) in [6.45, 7) is 2.65. The fourth-order valence-electron chi connectivity index (χ4n) is 2.98. The number of carbonyl (C=O) groups excluding carboxylic acids is 2. The molecule has 6 nitrogen and oxygen atoms in total. The molecule has 128 valence electrons. The molecule has 1 saturated carbocycles. The molecule has 0 aromatic rings. The molecule has 0 aromatic carbocycles. The van der Waals surface area contributed by atoms with Gasteiger partial charge in [-0.25, -0.2) is 4.79 Å². The van der Waals surface area contributed by atoms with Crippen LogP contribution >= 0.6 is 0 Å². The molecule has 22 heavy (non-hydrogen) atoms. The average Bonchev–Trinajstić information content (AvgIpc) is 2.47. The first-order valence-electron chi connectivity index (χ1n) is 8.43. The van der Waals surface area contributed by atoms with E-state index in [1.807, 2.05) is 6.92 Å². The third-order valence-corrected chi connectivity index (χ3v) is 4.23. The van der Waals surface area contributed by atoms with Crippen molar-refractivity contribution in [3.8, 4) is 0 Å². The predicted octanol–water partition coefficient (Wildman–Crippen LogP) is 2.09. The largest absolute Gasteiger partial charge is 0.444 e. The van der Waals surface area contributed by atoms with Gasteiger partial charge < -0.3 is 20.9 Å². The molecule has 0 spiro atoms. The number of unbranched alkanes of at least 4 members (excludes halogenated alkanes) is 1. The fourth-order valence-corrected chi connectivity index (χ4v) is 2.98. The van der Waals surface area contributed by atoms with Crippen molar-refractivity contribution in [2.45, 2.75) is 76.9 Å². The zero-order chi connectivity index (χ0) is 16.4. The van der Waals surface area contributed by atoms with Crippen molar-refractivity contribution in [1.82, 2.24) is 5.32 Å². The Bertz CT molecular complexity index is 343. The molecule has 0 heterocycles. The summed E-state index contributed by atoms with van der Waals surface area (Å²) in [5, 5.41) is 13.0. The molecule has 0 radical (unpaired) electrons. The molecule has 0 unspecified atom stereocenters. The van der Waals surface area contributed by atoms with Crippen molar-refractivity contribution in [2.24, 2.45) is 11.7 Å². The van der Waals surface area contributed by atoms with Crippen LogP contribution in [-0.4, -0.2) is 35.9 Å². The van der Waals surface area contributed by atoms with Crippen molar-refractivity contribution in [3.63, 3.8) is 0 Å². The highest BCUT2D eigenvalue weighted by Crippen LogP contribution is 2.29. The summed E-state index contributed by atoms with van der Waals surface area (Å²) in [6.07, 6.45) is 5.55. The highest BCUT2D eigenvalue weighted by atomic mass is 16.6. The van der Waals surface area contributed by atoms with Crippen molar-refractivity contribution >= 4 is 12.0 Å². The Morgan fingerprint density at radius 3 is 2.59 bits per heavy atom. The number of ether oxygens (including phenoxy) is 1. The maximum absolute atomic E-state index is 11.8. The van der Waals surface area contributed by atoms with Gasteiger partial charge in [0.05, 0.1) is 12.5 Å². The van der Waals surface area contributed by atoms with E-state index in [1.165, 1.54) is 19.3 Å². The SMILES string of the molecule is CCCCNC(=O)C[C@H](O)[C@H](CC1CCCCC1)OC(N)=O. The number of rotatable bonds is 9. The topological polar surface area (TPSA) is 102 Å². The van der Waals surface area contributed by atoms with Crippen molar-refractivity contribution in [2.75, 3.05) is 6.54 Å². The minimum Gasteiger partial charge on any atom is -0.444 e. The summed E-state index contributed by atoms with van der Waals surface area (Å²) in [7, 11) is 0. The molecule has 1 aliphatic carbocycles. The lowest BCUT2D eigenvalue weighted by Gasteiger charge is -2.28. The summed E-state index contributed by atoms with van der Waals surface area (Å²) in [4.78, 5) is 22.8. The highest BCUT2D eigenvalue weighted by molar-refractivity contribution is 5.76. The Morgan fingerprint density at radius 2 is 2.00 bits per heavy atom. The molecule has 4 N–H and O–H groups in total. The number of nitrogens with one attached hydrogen (secondary N) is 1. The lowest BCUT2D eigenvalue weighted by atomic mass is 9.84. The van der Waals surface area contributed by atoms with Crippen LogP contribution in [0.3, 0.4) is 0 Å². The van der Waals surface area contributed by atoms with Crippen LogP contribution in [0.4, 0.5) is 4.79 Å². The minimum absolute atomic E-state index is 0.0611. The second-order valence-electron chi connectivity index (χ2n) is 6.19. The molecule has 1 aliphatic rings. The van der Waals surface area contributed by atoms with E-state index in [0.717, 1.165) is 25.7 Å². The summed E-state index contributed by atoms with van der Waals surface area (Å²) in [6, 6.07) is 0. The number of aliphatic hydroxyl groups excluding tert-OH is 1. The van der Waals surface area contributed by atoms with E-state index in [0.29, 0.717) is 18.9 Å². The molecular weight excluding hydrogens is 284 g/mol. The van der Waals surface area contributed by atoms with Gasteiger partial charge in [0.1, 0.15) is 6.10 Å². The van der Waals surface area contributed by atoms with Crippen molar-refractivity contribution in [1.29, 1.82) is 0 Å². The summed E-state index contributed by atoms with van der Waals surface area (Å²) in [5.74, 6) is 0.207. The standard InChI is InChI=1S/C16H30N2O4/c1-2-3-9-18-15(20)11-13(19)14(22-16(17)21)10-12-7-5-4-6-8-12/h12-14,19H,2-11H2,1H3,(H2,17,21)(H,18,20)/t13-,14-/m0/s1. The number of amides is 2. The Kier molecular flexibility index (Phi) is 8.89.